The number of rotatable bonds is 54. The van der Waals surface area contributed by atoms with Crippen molar-refractivity contribution < 1.29 is 28.6 Å². The van der Waals surface area contributed by atoms with E-state index in [9.17, 15) is 14.4 Å². The number of carbonyl (C=O) groups excluding carboxylic acids is 3. The molecule has 0 rings (SSSR count). The summed E-state index contributed by atoms with van der Waals surface area (Å²) in [5.41, 5.74) is 0. The van der Waals surface area contributed by atoms with Gasteiger partial charge in [-0.2, -0.15) is 0 Å². The first-order chi connectivity index (χ1) is 35.5. The van der Waals surface area contributed by atoms with Gasteiger partial charge in [0.15, 0.2) is 6.10 Å². The van der Waals surface area contributed by atoms with Crippen LogP contribution in [0.3, 0.4) is 0 Å². The predicted octanol–water partition coefficient (Wildman–Crippen LogP) is 20.5. The smallest absolute Gasteiger partial charge is 0.306 e. The monoisotopic (exact) mass is 1000 g/mol. The SMILES string of the molecule is CC/C=C\C/C=C\C/C=C\C/C=C\CCCCCCCCCCCCCCCCCCCCC(=O)OCC(COC(=O)CCCCCCC/C=C\CCC)OC(=O)CCCCC/C=C\C/C=C\C/C=C\CC. The van der Waals surface area contributed by atoms with E-state index in [1.807, 2.05) is 0 Å². The van der Waals surface area contributed by atoms with E-state index in [1.54, 1.807) is 0 Å². The Morgan fingerprint density at radius 1 is 0.292 bits per heavy atom. The molecular formula is C66H112O6. The van der Waals surface area contributed by atoms with Crippen LogP contribution in [0, 0.1) is 0 Å². The van der Waals surface area contributed by atoms with Crippen LogP contribution < -0.4 is 0 Å². The Hall–Kier alpha value is -3.67. The van der Waals surface area contributed by atoms with Crippen LogP contribution in [0.25, 0.3) is 0 Å². The second-order valence-electron chi connectivity index (χ2n) is 19.8. The first-order valence-corrected chi connectivity index (χ1v) is 30.2. The lowest BCUT2D eigenvalue weighted by atomic mass is 10.0. The highest BCUT2D eigenvalue weighted by Gasteiger charge is 2.19. The number of ether oxygens (including phenoxy) is 3. The maximum Gasteiger partial charge on any atom is 0.306 e. The lowest BCUT2D eigenvalue weighted by Crippen LogP contribution is -2.30. The third-order valence-corrected chi connectivity index (χ3v) is 12.8. The molecule has 0 radical (unpaired) electrons. The fourth-order valence-electron chi connectivity index (χ4n) is 8.33. The summed E-state index contributed by atoms with van der Waals surface area (Å²) in [6.07, 6.45) is 80.1. The Labute approximate surface area is 445 Å². The maximum atomic E-state index is 12.8. The number of carbonyl (C=O) groups is 3. The van der Waals surface area contributed by atoms with Gasteiger partial charge in [0.2, 0.25) is 0 Å². The number of esters is 3. The van der Waals surface area contributed by atoms with Crippen LogP contribution in [0.5, 0.6) is 0 Å². The highest BCUT2D eigenvalue weighted by Crippen LogP contribution is 2.16. The molecule has 6 heteroatoms. The van der Waals surface area contributed by atoms with Crippen molar-refractivity contribution in [3.05, 3.63) is 97.2 Å². The largest absolute Gasteiger partial charge is 0.462 e. The summed E-state index contributed by atoms with van der Waals surface area (Å²) in [6.45, 7) is 6.33. The molecular weight excluding hydrogens is 889 g/mol. The van der Waals surface area contributed by atoms with Gasteiger partial charge < -0.3 is 14.2 Å². The molecule has 0 aliphatic rings. The summed E-state index contributed by atoms with van der Waals surface area (Å²) >= 11 is 0. The highest BCUT2D eigenvalue weighted by molar-refractivity contribution is 5.71. The van der Waals surface area contributed by atoms with E-state index < -0.39 is 6.10 Å². The average Bonchev–Trinajstić information content (AvgIpc) is 3.38. The normalized spacial score (nSPS) is 12.8. The zero-order valence-corrected chi connectivity index (χ0v) is 47.2. The lowest BCUT2D eigenvalue weighted by molar-refractivity contribution is -0.167. The van der Waals surface area contributed by atoms with Gasteiger partial charge in [0, 0.05) is 19.3 Å². The van der Waals surface area contributed by atoms with Crippen LogP contribution in [0.1, 0.15) is 284 Å². The van der Waals surface area contributed by atoms with Crippen molar-refractivity contribution in [2.75, 3.05) is 13.2 Å². The van der Waals surface area contributed by atoms with Crippen molar-refractivity contribution in [1.82, 2.24) is 0 Å². The van der Waals surface area contributed by atoms with E-state index in [1.165, 1.54) is 116 Å². The standard InChI is InChI=1S/C66H112O6/c1-4-7-10-13-16-19-22-24-25-26-27-28-29-30-31-32-33-34-35-36-37-38-39-40-41-43-44-47-50-53-56-59-65(68)71-62-63(61-70-64(67)58-55-52-49-46-21-18-15-12-9-6-3)72-66(69)60-57-54-51-48-45-42-23-20-17-14-11-8-5-2/h7-8,10-12,15-17,19-20,24-25,27-28,42,45,63H,4-6,9,13-14,18,21-23,26,29-41,43-44,46-62H2,1-3H3/b10-7-,11-8-,15-12-,19-16-,20-17-,25-24-,28-27-,45-42-. The number of hydrogen-bond donors (Lipinski definition) is 0. The molecule has 0 amide bonds. The molecule has 0 aliphatic carbocycles. The second-order valence-corrected chi connectivity index (χ2v) is 19.8. The van der Waals surface area contributed by atoms with Crippen molar-refractivity contribution in [3.8, 4) is 0 Å². The average molecular weight is 1000 g/mol. The molecule has 0 heterocycles. The molecule has 0 N–H and O–H groups in total. The van der Waals surface area contributed by atoms with Crippen LogP contribution in [0.2, 0.25) is 0 Å². The summed E-state index contributed by atoms with van der Waals surface area (Å²) in [5, 5.41) is 0. The van der Waals surface area contributed by atoms with Crippen LogP contribution in [0.4, 0.5) is 0 Å². The van der Waals surface area contributed by atoms with Crippen molar-refractivity contribution in [3.63, 3.8) is 0 Å². The molecule has 0 bridgehead atoms. The second kappa shape index (κ2) is 59.9. The summed E-state index contributed by atoms with van der Waals surface area (Å²) in [5.74, 6) is -0.926. The maximum absolute atomic E-state index is 12.8. The minimum absolute atomic E-state index is 0.0900. The minimum atomic E-state index is -0.794. The van der Waals surface area contributed by atoms with Crippen LogP contribution >= 0.6 is 0 Å². The molecule has 0 saturated heterocycles. The van der Waals surface area contributed by atoms with E-state index in [-0.39, 0.29) is 31.1 Å². The fourth-order valence-corrected chi connectivity index (χ4v) is 8.33. The lowest BCUT2D eigenvalue weighted by Gasteiger charge is -2.18. The van der Waals surface area contributed by atoms with Crippen molar-refractivity contribution in [1.29, 1.82) is 0 Å². The van der Waals surface area contributed by atoms with E-state index >= 15 is 0 Å². The number of hydrogen-bond acceptors (Lipinski definition) is 6. The van der Waals surface area contributed by atoms with Crippen molar-refractivity contribution >= 4 is 17.9 Å². The van der Waals surface area contributed by atoms with Gasteiger partial charge in [0.25, 0.3) is 0 Å². The topological polar surface area (TPSA) is 78.9 Å². The van der Waals surface area contributed by atoms with E-state index in [0.717, 1.165) is 128 Å². The van der Waals surface area contributed by atoms with Gasteiger partial charge in [-0.15, -0.1) is 0 Å². The van der Waals surface area contributed by atoms with Crippen molar-refractivity contribution in [2.24, 2.45) is 0 Å². The van der Waals surface area contributed by atoms with Gasteiger partial charge in [-0.1, -0.05) is 253 Å². The molecule has 1 unspecified atom stereocenters. The Balaban J connectivity index is 4.10. The van der Waals surface area contributed by atoms with Gasteiger partial charge in [-0.3, -0.25) is 14.4 Å². The van der Waals surface area contributed by atoms with Gasteiger partial charge in [-0.05, 0) is 109 Å². The molecule has 412 valence electrons. The molecule has 0 aromatic heterocycles. The molecule has 1 atom stereocenters. The molecule has 0 fully saturated rings. The third-order valence-electron chi connectivity index (χ3n) is 12.8. The minimum Gasteiger partial charge on any atom is -0.462 e. The molecule has 0 aromatic carbocycles. The molecule has 0 aliphatic heterocycles. The van der Waals surface area contributed by atoms with E-state index in [4.69, 9.17) is 14.2 Å². The van der Waals surface area contributed by atoms with Gasteiger partial charge >= 0.3 is 17.9 Å². The highest BCUT2D eigenvalue weighted by atomic mass is 16.6. The summed E-state index contributed by atoms with van der Waals surface area (Å²) in [7, 11) is 0. The number of unbranched alkanes of at least 4 members (excludes halogenated alkanes) is 27. The predicted molar refractivity (Wildman–Crippen MR) is 311 cm³/mol. The van der Waals surface area contributed by atoms with Crippen LogP contribution in [0.15, 0.2) is 97.2 Å². The molecule has 0 aromatic rings. The fraction of sp³-hybridized carbons (Fsp3) is 0.712. The van der Waals surface area contributed by atoms with Crippen molar-refractivity contribution in [2.45, 2.75) is 290 Å². The van der Waals surface area contributed by atoms with Gasteiger partial charge in [0.05, 0.1) is 0 Å². The van der Waals surface area contributed by atoms with E-state index in [2.05, 4.69) is 118 Å². The summed E-state index contributed by atoms with van der Waals surface area (Å²) in [4.78, 5) is 38.0. The van der Waals surface area contributed by atoms with Gasteiger partial charge in [-0.25, -0.2) is 0 Å². The zero-order chi connectivity index (χ0) is 52.2. The van der Waals surface area contributed by atoms with E-state index in [0.29, 0.717) is 19.3 Å². The first kappa shape index (κ1) is 68.3. The quantitative estimate of drug-likeness (QED) is 0.0261. The zero-order valence-electron chi connectivity index (χ0n) is 47.2. The molecule has 6 nitrogen and oxygen atoms in total. The third kappa shape index (κ3) is 57.2. The number of allylic oxidation sites excluding steroid dienone is 16. The van der Waals surface area contributed by atoms with Gasteiger partial charge in [0.1, 0.15) is 13.2 Å². The summed E-state index contributed by atoms with van der Waals surface area (Å²) in [6, 6.07) is 0. The van der Waals surface area contributed by atoms with Crippen LogP contribution in [-0.4, -0.2) is 37.2 Å². The Morgan fingerprint density at radius 2 is 0.542 bits per heavy atom. The Bertz CT molecular complexity index is 1430. The van der Waals surface area contributed by atoms with Crippen LogP contribution in [-0.2, 0) is 28.6 Å². The summed E-state index contributed by atoms with van der Waals surface area (Å²) < 4.78 is 16.8. The molecule has 0 saturated carbocycles. The molecule has 0 spiro atoms. The Morgan fingerprint density at radius 3 is 0.875 bits per heavy atom. The first-order valence-electron chi connectivity index (χ1n) is 30.2. The molecule has 72 heavy (non-hydrogen) atoms. The Kier molecular flexibility index (Phi) is 56.8.